The smallest absolute Gasteiger partial charge is 0.172 e. The molecular weight excluding hydrogens is 293 g/mol. The normalized spacial score (nSPS) is 16.4. The highest BCUT2D eigenvalue weighted by Gasteiger charge is 2.30. The summed E-state index contributed by atoms with van der Waals surface area (Å²) in [5.41, 5.74) is 7.10. The van der Waals surface area contributed by atoms with Gasteiger partial charge in [-0.1, -0.05) is 0 Å². The van der Waals surface area contributed by atoms with Crippen molar-refractivity contribution >= 4 is 28.3 Å². The van der Waals surface area contributed by atoms with E-state index >= 15 is 0 Å². The zero-order valence-corrected chi connectivity index (χ0v) is 11.3. The molecule has 0 aliphatic heterocycles. The van der Waals surface area contributed by atoms with E-state index in [2.05, 4.69) is 15.9 Å². The lowest BCUT2D eigenvalue weighted by Crippen LogP contribution is -2.12. The number of rotatable bonds is 3. The second-order valence-corrected chi connectivity index (χ2v) is 4.77. The van der Waals surface area contributed by atoms with Gasteiger partial charge in [-0.25, -0.2) is 0 Å². The maximum absolute atomic E-state index is 9.65. The second-order valence-electron chi connectivity index (χ2n) is 3.92. The summed E-state index contributed by atoms with van der Waals surface area (Å²) in [6.45, 7) is 0. The zero-order chi connectivity index (χ0) is 11.0. The van der Waals surface area contributed by atoms with Crippen LogP contribution in [-0.2, 0) is 0 Å². The van der Waals surface area contributed by atoms with Crippen molar-refractivity contribution in [3.05, 3.63) is 22.2 Å². The molecule has 0 unspecified atom stereocenters. The van der Waals surface area contributed by atoms with E-state index in [4.69, 9.17) is 10.5 Å². The van der Waals surface area contributed by atoms with Crippen molar-refractivity contribution in [2.24, 2.45) is 11.7 Å². The first-order valence-electron chi connectivity index (χ1n) is 4.95. The van der Waals surface area contributed by atoms with Gasteiger partial charge >= 0.3 is 0 Å². The van der Waals surface area contributed by atoms with E-state index in [0.717, 1.165) is 5.56 Å². The van der Waals surface area contributed by atoms with Crippen LogP contribution in [0.25, 0.3) is 0 Å². The van der Waals surface area contributed by atoms with Crippen molar-refractivity contribution in [2.75, 3.05) is 7.11 Å². The van der Waals surface area contributed by atoms with E-state index in [1.807, 2.05) is 12.1 Å². The number of phenols is 1. The van der Waals surface area contributed by atoms with Crippen LogP contribution in [-0.4, -0.2) is 12.2 Å². The topological polar surface area (TPSA) is 55.5 Å². The van der Waals surface area contributed by atoms with Gasteiger partial charge in [0.2, 0.25) is 0 Å². The number of aromatic hydroxyl groups is 1. The van der Waals surface area contributed by atoms with E-state index in [1.54, 1.807) is 0 Å². The molecule has 16 heavy (non-hydrogen) atoms. The maximum atomic E-state index is 9.65. The highest BCUT2D eigenvalue weighted by molar-refractivity contribution is 9.10. The van der Waals surface area contributed by atoms with Gasteiger partial charge in [0.25, 0.3) is 0 Å². The molecule has 0 spiro atoms. The average molecular weight is 309 g/mol. The SMILES string of the molecule is COc1cc([C@H](N)C2CC2)cc(Br)c1O.Cl. The second kappa shape index (κ2) is 5.25. The fraction of sp³-hybridized carbons (Fsp3) is 0.455. The largest absolute Gasteiger partial charge is 0.503 e. The summed E-state index contributed by atoms with van der Waals surface area (Å²) < 4.78 is 5.71. The van der Waals surface area contributed by atoms with Gasteiger partial charge in [0, 0.05) is 6.04 Å². The molecule has 1 aromatic carbocycles. The molecule has 1 aliphatic rings. The number of hydrogen-bond donors (Lipinski definition) is 2. The summed E-state index contributed by atoms with van der Waals surface area (Å²) in [7, 11) is 1.54. The van der Waals surface area contributed by atoms with Crippen molar-refractivity contribution in [3.8, 4) is 11.5 Å². The molecule has 0 amide bonds. The Morgan fingerprint density at radius 2 is 2.12 bits per heavy atom. The van der Waals surface area contributed by atoms with Crippen molar-refractivity contribution < 1.29 is 9.84 Å². The van der Waals surface area contributed by atoms with Crippen molar-refractivity contribution in [3.63, 3.8) is 0 Å². The predicted octanol–water partition coefficient (Wildman–Crippen LogP) is 2.99. The van der Waals surface area contributed by atoms with Gasteiger partial charge in [0.1, 0.15) is 0 Å². The summed E-state index contributed by atoms with van der Waals surface area (Å²) in [5.74, 6) is 1.19. The Kier molecular flexibility index (Phi) is 4.47. The van der Waals surface area contributed by atoms with E-state index in [9.17, 15) is 5.11 Å². The number of halogens is 2. The van der Waals surface area contributed by atoms with Crippen LogP contribution in [0, 0.1) is 5.92 Å². The van der Waals surface area contributed by atoms with Crippen LogP contribution in [0.5, 0.6) is 11.5 Å². The summed E-state index contributed by atoms with van der Waals surface area (Å²) >= 11 is 3.29. The zero-order valence-electron chi connectivity index (χ0n) is 8.94. The monoisotopic (exact) mass is 307 g/mol. The summed E-state index contributed by atoms with van der Waals surface area (Å²) in [5, 5.41) is 9.65. The van der Waals surface area contributed by atoms with Gasteiger partial charge in [-0.3, -0.25) is 0 Å². The predicted molar refractivity (Wildman–Crippen MR) is 69.3 cm³/mol. The van der Waals surface area contributed by atoms with E-state index in [1.165, 1.54) is 20.0 Å². The van der Waals surface area contributed by atoms with Gasteiger partial charge in [-0.15, -0.1) is 12.4 Å². The van der Waals surface area contributed by atoms with Gasteiger partial charge in [-0.05, 0) is 52.4 Å². The first kappa shape index (κ1) is 13.6. The minimum absolute atomic E-state index is 0. The number of methoxy groups -OCH3 is 1. The fourth-order valence-corrected chi connectivity index (χ4v) is 2.13. The Bertz CT molecular complexity index is 382. The standard InChI is InChI=1S/C11H14BrNO2.ClH/c1-15-9-5-7(4-8(12)11(9)14)10(13)6-2-3-6;/h4-6,10,14H,2-3,13H2,1H3;1H/t10-;/m1./s1. The lowest BCUT2D eigenvalue weighted by Gasteiger charge is -2.14. The molecule has 2 rings (SSSR count). The van der Waals surface area contributed by atoms with E-state index < -0.39 is 0 Å². The number of phenolic OH excluding ortho intramolecular Hbond substituents is 1. The first-order chi connectivity index (χ1) is 7.13. The summed E-state index contributed by atoms with van der Waals surface area (Å²) in [6.07, 6.45) is 2.39. The molecule has 5 heteroatoms. The lowest BCUT2D eigenvalue weighted by atomic mass is 10.0. The molecule has 0 heterocycles. The van der Waals surface area contributed by atoms with E-state index in [-0.39, 0.29) is 24.2 Å². The van der Waals surface area contributed by atoms with Gasteiger partial charge in [-0.2, -0.15) is 0 Å². The minimum Gasteiger partial charge on any atom is -0.503 e. The Labute approximate surface area is 110 Å². The molecule has 1 fully saturated rings. The van der Waals surface area contributed by atoms with Crippen LogP contribution in [0.1, 0.15) is 24.4 Å². The Morgan fingerprint density at radius 3 is 2.62 bits per heavy atom. The number of ether oxygens (including phenoxy) is 1. The summed E-state index contributed by atoms with van der Waals surface area (Å²) in [6, 6.07) is 3.72. The Hall–Kier alpha value is -0.450. The summed E-state index contributed by atoms with van der Waals surface area (Å²) in [4.78, 5) is 0. The average Bonchev–Trinajstić information content (AvgIpc) is 3.04. The van der Waals surface area contributed by atoms with Crippen LogP contribution in [0.3, 0.4) is 0 Å². The Balaban J connectivity index is 0.00000128. The van der Waals surface area contributed by atoms with Gasteiger partial charge in [0.15, 0.2) is 11.5 Å². The number of nitrogens with two attached hydrogens (primary N) is 1. The molecule has 0 saturated heterocycles. The highest BCUT2D eigenvalue weighted by Crippen LogP contribution is 2.43. The molecule has 3 nitrogen and oxygen atoms in total. The molecule has 1 atom stereocenters. The van der Waals surface area contributed by atoms with Crippen LogP contribution in [0.15, 0.2) is 16.6 Å². The number of hydrogen-bond acceptors (Lipinski definition) is 3. The quantitative estimate of drug-likeness (QED) is 0.902. The number of benzene rings is 1. The molecule has 1 aromatic rings. The molecule has 1 aliphatic carbocycles. The van der Waals surface area contributed by atoms with Crippen molar-refractivity contribution in [1.29, 1.82) is 0 Å². The van der Waals surface area contributed by atoms with Crippen molar-refractivity contribution in [2.45, 2.75) is 18.9 Å². The molecule has 3 N–H and O–H groups in total. The Morgan fingerprint density at radius 1 is 1.50 bits per heavy atom. The van der Waals surface area contributed by atoms with Crippen LogP contribution in [0.2, 0.25) is 0 Å². The van der Waals surface area contributed by atoms with Crippen LogP contribution >= 0.6 is 28.3 Å². The molecular formula is C11H15BrClNO2. The molecule has 0 aromatic heterocycles. The molecule has 1 saturated carbocycles. The lowest BCUT2D eigenvalue weighted by molar-refractivity contribution is 0.370. The van der Waals surface area contributed by atoms with Gasteiger partial charge < -0.3 is 15.6 Å². The molecule has 90 valence electrons. The third kappa shape index (κ3) is 2.62. The maximum Gasteiger partial charge on any atom is 0.172 e. The van der Waals surface area contributed by atoms with Crippen LogP contribution in [0.4, 0.5) is 0 Å². The molecule has 0 bridgehead atoms. The highest BCUT2D eigenvalue weighted by atomic mass is 79.9. The van der Waals surface area contributed by atoms with E-state index in [0.29, 0.717) is 16.1 Å². The van der Waals surface area contributed by atoms with Gasteiger partial charge in [0.05, 0.1) is 11.6 Å². The van der Waals surface area contributed by atoms with Crippen molar-refractivity contribution in [1.82, 2.24) is 0 Å². The van der Waals surface area contributed by atoms with Crippen LogP contribution < -0.4 is 10.5 Å². The fourth-order valence-electron chi connectivity index (χ4n) is 1.67. The molecule has 0 radical (unpaired) electrons. The first-order valence-corrected chi connectivity index (χ1v) is 5.74. The third-order valence-corrected chi connectivity index (χ3v) is 3.39. The minimum atomic E-state index is 0. The third-order valence-electron chi connectivity index (χ3n) is 2.79.